The van der Waals surface area contributed by atoms with E-state index in [1.54, 1.807) is 0 Å². The van der Waals surface area contributed by atoms with E-state index < -0.39 is 5.97 Å². The molecule has 0 spiro atoms. The minimum atomic E-state index is -0.669. The molecular weight excluding hydrogens is 214 g/mol. The van der Waals surface area contributed by atoms with Crippen molar-refractivity contribution in [3.63, 3.8) is 0 Å². The molecule has 1 saturated carbocycles. The average molecular weight is 231 g/mol. The standard InChI is InChI=1S/C14H17NO2/c16-14(17)12-8-9-15(12)13(11-6-7-11)10-4-2-1-3-5-10/h1-5,11-13H,6-9H2,(H,16,17). The van der Waals surface area contributed by atoms with E-state index >= 15 is 0 Å². The molecule has 0 aromatic heterocycles. The Morgan fingerprint density at radius 3 is 2.41 bits per heavy atom. The highest BCUT2D eigenvalue weighted by Gasteiger charge is 2.45. The molecule has 3 rings (SSSR count). The Balaban J connectivity index is 1.84. The highest BCUT2D eigenvalue weighted by Crippen LogP contribution is 2.47. The van der Waals surface area contributed by atoms with Crippen LogP contribution in [0.1, 0.15) is 30.9 Å². The minimum absolute atomic E-state index is 0.263. The smallest absolute Gasteiger partial charge is 0.320 e. The first-order valence-electron chi connectivity index (χ1n) is 6.31. The molecule has 0 radical (unpaired) electrons. The van der Waals surface area contributed by atoms with Crippen molar-refractivity contribution in [2.24, 2.45) is 5.92 Å². The Hall–Kier alpha value is -1.35. The maximum atomic E-state index is 11.1. The number of rotatable bonds is 4. The molecule has 1 saturated heterocycles. The first-order valence-corrected chi connectivity index (χ1v) is 6.31. The summed E-state index contributed by atoms with van der Waals surface area (Å²) in [7, 11) is 0. The van der Waals surface area contributed by atoms with Crippen LogP contribution in [0.25, 0.3) is 0 Å². The molecule has 1 aliphatic carbocycles. The fourth-order valence-electron chi connectivity index (χ4n) is 2.80. The highest BCUT2D eigenvalue weighted by molar-refractivity contribution is 5.74. The van der Waals surface area contributed by atoms with Crippen molar-refractivity contribution in [1.29, 1.82) is 0 Å². The Bertz CT molecular complexity index is 413. The van der Waals surface area contributed by atoms with Crippen molar-refractivity contribution >= 4 is 5.97 Å². The third kappa shape index (κ3) is 1.95. The number of aliphatic carboxylic acids is 1. The summed E-state index contributed by atoms with van der Waals surface area (Å²) in [5, 5.41) is 9.16. The molecule has 1 heterocycles. The Morgan fingerprint density at radius 2 is 1.94 bits per heavy atom. The molecule has 1 aliphatic heterocycles. The number of hydrogen-bond donors (Lipinski definition) is 1. The van der Waals surface area contributed by atoms with Gasteiger partial charge in [-0.2, -0.15) is 0 Å². The van der Waals surface area contributed by atoms with Crippen molar-refractivity contribution in [1.82, 2.24) is 4.90 Å². The Kier molecular flexibility index (Phi) is 2.63. The van der Waals surface area contributed by atoms with Crippen LogP contribution >= 0.6 is 0 Å². The van der Waals surface area contributed by atoms with Crippen molar-refractivity contribution in [3.8, 4) is 0 Å². The molecule has 0 bridgehead atoms. The second kappa shape index (κ2) is 4.15. The monoisotopic (exact) mass is 231 g/mol. The predicted octanol–water partition coefficient (Wildman–Crippen LogP) is 2.30. The molecule has 2 aliphatic rings. The topological polar surface area (TPSA) is 40.5 Å². The van der Waals surface area contributed by atoms with E-state index in [9.17, 15) is 4.79 Å². The molecule has 17 heavy (non-hydrogen) atoms. The van der Waals surface area contributed by atoms with E-state index in [4.69, 9.17) is 5.11 Å². The summed E-state index contributed by atoms with van der Waals surface area (Å²) in [5.41, 5.74) is 1.28. The van der Waals surface area contributed by atoms with Crippen molar-refractivity contribution < 1.29 is 9.90 Å². The number of benzene rings is 1. The van der Waals surface area contributed by atoms with Crippen molar-refractivity contribution in [2.75, 3.05) is 6.54 Å². The van der Waals surface area contributed by atoms with Gasteiger partial charge >= 0.3 is 5.97 Å². The summed E-state index contributed by atoms with van der Waals surface area (Å²) in [6.07, 6.45) is 3.27. The van der Waals surface area contributed by atoms with E-state index in [0.717, 1.165) is 13.0 Å². The molecule has 1 aromatic carbocycles. The second-order valence-corrected chi connectivity index (χ2v) is 5.07. The SMILES string of the molecule is O=C(O)C1CCN1C(c1ccccc1)C1CC1. The molecule has 2 unspecified atom stereocenters. The van der Waals surface area contributed by atoms with Gasteiger partial charge in [-0.3, -0.25) is 9.69 Å². The molecule has 3 heteroatoms. The summed E-state index contributed by atoms with van der Waals surface area (Å²) in [6, 6.07) is 10.4. The number of hydrogen-bond acceptors (Lipinski definition) is 2. The number of carboxylic acid groups (broad SMARTS) is 1. The van der Waals surface area contributed by atoms with Gasteiger partial charge in [0.1, 0.15) is 6.04 Å². The van der Waals surface area contributed by atoms with E-state index in [-0.39, 0.29) is 6.04 Å². The second-order valence-electron chi connectivity index (χ2n) is 5.07. The van der Waals surface area contributed by atoms with Crippen molar-refractivity contribution in [3.05, 3.63) is 35.9 Å². The molecule has 1 aromatic rings. The van der Waals surface area contributed by atoms with Crippen LogP contribution in [0.5, 0.6) is 0 Å². The number of likely N-dealkylation sites (tertiary alicyclic amines) is 1. The lowest BCUT2D eigenvalue weighted by Crippen LogP contribution is -2.54. The lowest BCUT2D eigenvalue weighted by molar-refractivity contribution is -0.150. The van der Waals surface area contributed by atoms with Gasteiger partial charge < -0.3 is 5.11 Å². The molecule has 0 amide bonds. The van der Waals surface area contributed by atoms with E-state index in [1.165, 1.54) is 18.4 Å². The highest BCUT2D eigenvalue weighted by atomic mass is 16.4. The lowest BCUT2D eigenvalue weighted by atomic mass is 9.92. The van der Waals surface area contributed by atoms with Crippen LogP contribution < -0.4 is 0 Å². The van der Waals surface area contributed by atoms with Crippen LogP contribution in [0, 0.1) is 5.92 Å². The van der Waals surface area contributed by atoms with Gasteiger partial charge in [0, 0.05) is 12.6 Å². The Labute approximate surface area is 101 Å². The summed E-state index contributed by atoms with van der Waals surface area (Å²) < 4.78 is 0. The quantitative estimate of drug-likeness (QED) is 0.864. The maximum Gasteiger partial charge on any atom is 0.320 e. The van der Waals surface area contributed by atoms with Gasteiger partial charge in [-0.15, -0.1) is 0 Å². The van der Waals surface area contributed by atoms with Crippen LogP contribution in [-0.4, -0.2) is 28.6 Å². The zero-order valence-electron chi connectivity index (χ0n) is 9.75. The first-order chi connectivity index (χ1) is 8.27. The van der Waals surface area contributed by atoms with Crippen LogP contribution in [0.3, 0.4) is 0 Å². The van der Waals surface area contributed by atoms with Gasteiger partial charge in [-0.1, -0.05) is 30.3 Å². The van der Waals surface area contributed by atoms with Gasteiger partial charge in [-0.05, 0) is 30.7 Å². The average Bonchev–Trinajstić information content (AvgIpc) is 3.08. The lowest BCUT2D eigenvalue weighted by Gasteiger charge is -2.44. The molecule has 2 fully saturated rings. The predicted molar refractivity (Wildman–Crippen MR) is 64.7 cm³/mol. The van der Waals surface area contributed by atoms with E-state index in [1.807, 2.05) is 18.2 Å². The molecule has 2 atom stereocenters. The third-order valence-electron chi connectivity index (χ3n) is 3.91. The van der Waals surface area contributed by atoms with Crippen LogP contribution in [-0.2, 0) is 4.79 Å². The molecule has 3 nitrogen and oxygen atoms in total. The number of carbonyl (C=O) groups is 1. The fraction of sp³-hybridized carbons (Fsp3) is 0.500. The molecular formula is C14H17NO2. The zero-order valence-corrected chi connectivity index (χ0v) is 9.75. The third-order valence-corrected chi connectivity index (χ3v) is 3.91. The summed E-state index contributed by atoms with van der Waals surface area (Å²) in [6.45, 7) is 0.924. The maximum absolute atomic E-state index is 11.1. The molecule has 1 N–H and O–H groups in total. The summed E-state index contributed by atoms with van der Waals surface area (Å²) in [5.74, 6) is -0.00242. The van der Waals surface area contributed by atoms with Gasteiger partial charge in [0.2, 0.25) is 0 Å². The van der Waals surface area contributed by atoms with Gasteiger partial charge in [0.05, 0.1) is 0 Å². The summed E-state index contributed by atoms with van der Waals surface area (Å²) >= 11 is 0. The van der Waals surface area contributed by atoms with Crippen molar-refractivity contribution in [2.45, 2.75) is 31.3 Å². The van der Waals surface area contributed by atoms with Crippen LogP contribution in [0.4, 0.5) is 0 Å². The van der Waals surface area contributed by atoms with Crippen LogP contribution in [0.15, 0.2) is 30.3 Å². The number of nitrogens with zero attached hydrogens (tertiary/aromatic N) is 1. The first kappa shape index (κ1) is 10.8. The molecule has 90 valence electrons. The Morgan fingerprint density at radius 1 is 1.24 bits per heavy atom. The van der Waals surface area contributed by atoms with Gasteiger partial charge in [0.25, 0.3) is 0 Å². The largest absolute Gasteiger partial charge is 0.480 e. The summed E-state index contributed by atoms with van der Waals surface area (Å²) in [4.78, 5) is 13.3. The number of carboxylic acids is 1. The fourth-order valence-corrected chi connectivity index (χ4v) is 2.80. The van der Waals surface area contributed by atoms with E-state index in [2.05, 4.69) is 17.0 Å². The van der Waals surface area contributed by atoms with Gasteiger partial charge in [0.15, 0.2) is 0 Å². The van der Waals surface area contributed by atoms with E-state index in [0.29, 0.717) is 12.0 Å². The minimum Gasteiger partial charge on any atom is -0.480 e. The van der Waals surface area contributed by atoms with Crippen LogP contribution in [0.2, 0.25) is 0 Å². The zero-order chi connectivity index (χ0) is 11.8. The van der Waals surface area contributed by atoms with Gasteiger partial charge in [-0.25, -0.2) is 0 Å². The normalized spacial score (nSPS) is 26.2.